The van der Waals surface area contributed by atoms with Gasteiger partial charge in [0, 0.05) is 13.1 Å². The number of nitrogens with one attached hydrogen (secondary N) is 2. The van der Waals surface area contributed by atoms with Gasteiger partial charge in [-0.25, -0.2) is 14.2 Å². The number of benzene rings is 2. The van der Waals surface area contributed by atoms with Crippen LogP contribution in [0, 0.1) is 11.7 Å². The summed E-state index contributed by atoms with van der Waals surface area (Å²) in [4.78, 5) is 30.8. The Morgan fingerprint density at radius 1 is 1.03 bits per heavy atom. The highest BCUT2D eigenvalue weighted by molar-refractivity contribution is 6.06. The average Bonchev–Trinajstić information content (AvgIpc) is 2.95. The summed E-state index contributed by atoms with van der Waals surface area (Å²) in [5.74, 6) is 0.199. The number of guanidine groups is 1. The highest BCUT2D eigenvalue weighted by atomic mass is 19.1. The van der Waals surface area contributed by atoms with Crippen molar-refractivity contribution in [3.8, 4) is 0 Å². The van der Waals surface area contributed by atoms with E-state index in [-0.39, 0.29) is 23.7 Å². The molecule has 7 nitrogen and oxygen atoms in total. The lowest BCUT2D eigenvalue weighted by Gasteiger charge is -2.23. The van der Waals surface area contributed by atoms with Crippen LogP contribution in [0.1, 0.15) is 43.9 Å². The molecule has 0 aliphatic carbocycles. The molecule has 2 aromatic carbocycles. The summed E-state index contributed by atoms with van der Waals surface area (Å²) in [5, 5.41) is 5.52. The van der Waals surface area contributed by atoms with Crippen molar-refractivity contribution in [1.29, 1.82) is 0 Å². The molecule has 2 aromatic rings. The molecule has 1 aliphatic rings. The number of halogens is 1. The van der Waals surface area contributed by atoms with Gasteiger partial charge >= 0.3 is 6.03 Å². The second-order valence-electron chi connectivity index (χ2n) is 8.71. The van der Waals surface area contributed by atoms with Crippen LogP contribution in [-0.4, -0.2) is 28.3 Å². The van der Waals surface area contributed by atoms with Crippen LogP contribution in [0.25, 0.3) is 0 Å². The maximum Gasteiger partial charge on any atom is 0.315 e. The van der Waals surface area contributed by atoms with Gasteiger partial charge in [-0.15, -0.1) is 0 Å². The molecule has 32 heavy (non-hydrogen) atoms. The van der Waals surface area contributed by atoms with Crippen molar-refractivity contribution < 1.29 is 14.0 Å². The van der Waals surface area contributed by atoms with Crippen molar-refractivity contribution in [3.05, 3.63) is 71.0 Å². The molecule has 0 spiro atoms. The van der Waals surface area contributed by atoms with E-state index in [0.29, 0.717) is 32.0 Å². The van der Waals surface area contributed by atoms with Crippen molar-refractivity contribution in [3.63, 3.8) is 0 Å². The third-order valence-electron chi connectivity index (χ3n) is 5.33. The third kappa shape index (κ3) is 5.84. The molecule has 1 atom stereocenters. The van der Waals surface area contributed by atoms with Crippen LogP contribution >= 0.6 is 0 Å². The number of carbonyl (C=O) groups is 2. The summed E-state index contributed by atoms with van der Waals surface area (Å²) in [6.07, 6.45) is 0.650. The van der Waals surface area contributed by atoms with Crippen molar-refractivity contribution in [2.45, 2.75) is 52.4 Å². The van der Waals surface area contributed by atoms with Gasteiger partial charge in [0.1, 0.15) is 11.4 Å². The van der Waals surface area contributed by atoms with Gasteiger partial charge in [-0.1, -0.05) is 50.2 Å². The van der Waals surface area contributed by atoms with Gasteiger partial charge in [-0.3, -0.25) is 9.69 Å². The number of carbonyl (C=O) groups excluding carboxylic acids is 2. The fourth-order valence-corrected chi connectivity index (χ4v) is 3.81. The average molecular weight is 440 g/mol. The van der Waals surface area contributed by atoms with Gasteiger partial charge in [-0.05, 0) is 48.1 Å². The molecule has 0 bridgehead atoms. The molecule has 0 aromatic heterocycles. The fourth-order valence-electron chi connectivity index (χ4n) is 3.81. The maximum atomic E-state index is 12.9. The molecule has 4 N–H and O–H groups in total. The van der Waals surface area contributed by atoms with E-state index in [1.807, 2.05) is 31.2 Å². The number of urea groups is 1. The Bertz CT molecular complexity index is 988. The summed E-state index contributed by atoms with van der Waals surface area (Å²) in [5.41, 5.74) is 7.90. The first kappa shape index (κ1) is 23.2. The number of nitrogens with zero attached hydrogens (tertiary/aromatic N) is 2. The quantitative estimate of drug-likeness (QED) is 0.588. The van der Waals surface area contributed by atoms with Gasteiger partial charge in [0.05, 0.1) is 6.54 Å². The Hall–Kier alpha value is -3.42. The van der Waals surface area contributed by atoms with E-state index >= 15 is 0 Å². The first-order valence-corrected chi connectivity index (χ1v) is 10.7. The summed E-state index contributed by atoms with van der Waals surface area (Å²) < 4.78 is 12.9. The normalized spacial score (nSPS) is 18.1. The summed E-state index contributed by atoms with van der Waals surface area (Å²) in [6, 6.07) is 13.3. The molecular formula is C24H30FN5O2. The first-order chi connectivity index (χ1) is 15.2. The van der Waals surface area contributed by atoms with Crippen molar-refractivity contribution in [2.24, 2.45) is 16.6 Å². The minimum absolute atomic E-state index is 0.0766. The van der Waals surface area contributed by atoms with Crippen LogP contribution in [0.15, 0.2) is 53.5 Å². The zero-order chi connectivity index (χ0) is 23.3. The van der Waals surface area contributed by atoms with Gasteiger partial charge in [0.15, 0.2) is 5.96 Å². The van der Waals surface area contributed by atoms with E-state index in [1.54, 1.807) is 12.1 Å². The zero-order valence-electron chi connectivity index (χ0n) is 18.7. The topological polar surface area (TPSA) is 99.8 Å². The Kier molecular flexibility index (Phi) is 7.12. The van der Waals surface area contributed by atoms with Gasteiger partial charge in [0.2, 0.25) is 0 Å². The lowest BCUT2D eigenvalue weighted by molar-refractivity contribution is -0.131. The Morgan fingerprint density at radius 2 is 1.53 bits per heavy atom. The minimum atomic E-state index is -0.802. The highest BCUT2D eigenvalue weighted by Crippen LogP contribution is 2.29. The molecule has 1 unspecified atom stereocenters. The second-order valence-corrected chi connectivity index (χ2v) is 8.71. The third-order valence-corrected chi connectivity index (χ3v) is 5.33. The molecule has 170 valence electrons. The molecule has 3 rings (SSSR count). The van der Waals surface area contributed by atoms with Crippen LogP contribution in [0.3, 0.4) is 0 Å². The van der Waals surface area contributed by atoms with Crippen LogP contribution in [-0.2, 0) is 24.4 Å². The molecule has 1 heterocycles. The van der Waals surface area contributed by atoms with Crippen LogP contribution in [0.4, 0.5) is 9.18 Å². The van der Waals surface area contributed by atoms with Crippen molar-refractivity contribution in [2.75, 3.05) is 0 Å². The monoisotopic (exact) mass is 439 g/mol. The highest BCUT2D eigenvalue weighted by Gasteiger charge is 2.43. The predicted molar refractivity (Wildman–Crippen MR) is 122 cm³/mol. The first-order valence-electron chi connectivity index (χ1n) is 10.7. The van der Waals surface area contributed by atoms with Crippen LogP contribution < -0.4 is 16.4 Å². The summed E-state index contributed by atoms with van der Waals surface area (Å²) in [6.45, 7) is 6.97. The lowest BCUT2D eigenvalue weighted by Crippen LogP contribution is -2.43. The smallest absolute Gasteiger partial charge is 0.315 e. The van der Waals surface area contributed by atoms with E-state index in [0.717, 1.165) is 16.7 Å². The largest absolute Gasteiger partial charge is 0.369 e. The molecule has 8 heteroatoms. The maximum absolute atomic E-state index is 12.9. The number of amides is 3. The van der Waals surface area contributed by atoms with E-state index < -0.39 is 5.54 Å². The molecule has 0 radical (unpaired) electrons. The minimum Gasteiger partial charge on any atom is -0.369 e. The van der Waals surface area contributed by atoms with Crippen LogP contribution in [0.2, 0.25) is 0 Å². The van der Waals surface area contributed by atoms with Gasteiger partial charge < -0.3 is 16.4 Å². The van der Waals surface area contributed by atoms with Crippen molar-refractivity contribution >= 4 is 17.9 Å². The molecule has 0 fully saturated rings. The molecule has 1 aliphatic heterocycles. The number of aliphatic imine (C=N–C) groups is 1. The molecule has 0 saturated carbocycles. The molecular weight excluding hydrogens is 409 g/mol. The molecule has 0 saturated heterocycles. The second kappa shape index (κ2) is 9.80. The van der Waals surface area contributed by atoms with E-state index in [1.165, 1.54) is 17.0 Å². The van der Waals surface area contributed by atoms with Crippen LogP contribution in [0.5, 0.6) is 0 Å². The number of nitrogens with two attached hydrogens (primary N) is 1. The van der Waals surface area contributed by atoms with Crippen molar-refractivity contribution in [1.82, 2.24) is 15.5 Å². The standard InChI is InChI=1S/C24H30FN5O2/c1-16(2)12-24(3)21(31)30(22(26)29-24)15-19-6-4-17(5-7-19)13-27-23(32)28-14-18-8-10-20(25)11-9-18/h4-11,16H,12-15H2,1-3H3,(H2,26,29)(H2,27,28,32). The Labute approximate surface area is 187 Å². The summed E-state index contributed by atoms with van der Waals surface area (Å²) in [7, 11) is 0. The SMILES string of the molecule is CC(C)CC1(C)N=C(N)N(Cc2ccc(CNC(=O)NCc3ccc(F)cc3)cc2)C1=O. The number of hydrogen-bond acceptors (Lipinski definition) is 4. The summed E-state index contributed by atoms with van der Waals surface area (Å²) >= 11 is 0. The Balaban J connectivity index is 1.49. The fraction of sp³-hybridized carbons (Fsp3) is 0.375. The van der Waals surface area contributed by atoms with Gasteiger partial charge in [-0.2, -0.15) is 0 Å². The van der Waals surface area contributed by atoms with Gasteiger partial charge in [0.25, 0.3) is 5.91 Å². The molecule has 3 amide bonds. The van der Waals surface area contributed by atoms with E-state index in [9.17, 15) is 14.0 Å². The Morgan fingerprint density at radius 3 is 2.06 bits per heavy atom. The predicted octanol–water partition coefficient (Wildman–Crippen LogP) is 3.29. The number of rotatable bonds is 8. The zero-order valence-corrected chi connectivity index (χ0v) is 18.7. The van der Waals surface area contributed by atoms with E-state index in [4.69, 9.17) is 5.73 Å². The number of hydrogen-bond donors (Lipinski definition) is 3. The lowest BCUT2D eigenvalue weighted by atomic mass is 9.91. The van der Waals surface area contributed by atoms with E-state index in [2.05, 4.69) is 29.5 Å².